The molecule has 1 N–H and O–H groups in total. The van der Waals surface area contributed by atoms with Crippen LogP contribution in [0.1, 0.15) is 34.8 Å². The Morgan fingerprint density at radius 3 is 2.57 bits per heavy atom. The molecule has 0 saturated carbocycles. The number of aryl methyl sites for hydroxylation is 1. The molecule has 1 aliphatic heterocycles. The third kappa shape index (κ3) is 2.34. The highest BCUT2D eigenvalue weighted by atomic mass is 16.3. The minimum absolute atomic E-state index is 0.00366. The SMILES string of the molecule is Cc1ccccc1C(=O)N1CCC(C)(O)c2ccccc21. The van der Waals surface area contributed by atoms with E-state index in [1.54, 1.807) is 11.8 Å². The Morgan fingerprint density at radius 1 is 1.14 bits per heavy atom. The predicted molar refractivity (Wildman–Crippen MR) is 83.5 cm³/mol. The van der Waals surface area contributed by atoms with Gasteiger partial charge < -0.3 is 10.0 Å². The Labute approximate surface area is 124 Å². The van der Waals surface area contributed by atoms with Crippen LogP contribution in [0.3, 0.4) is 0 Å². The molecule has 1 unspecified atom stereocenters. The van der Waals surface area contributed by atoms with E-state index < -0.39 is 5.60 Å². The summed E-state index contributed by atoms with van der Waals surface area (Å²) in [6, 6.07) is 15.2. The van der Waals surface area contributed by atoms with Crippen LogP contribution in [0.5, 0.6) is 0 Å². The largest absolute Gasteiger partial charge is 0.385 e. The second kappa shape index (κ2) is 5.01. The summed E-state index contributed by atoms with van der Waals surface area (Å²) in [6.45, 7) is 4.28. The molecule has 3 nitrogen and oxygen atoms in total. The van der Waals surface area contributed by atoms with E-state index in [4.69, 9.17) is 0 Å². The predicted octanol–water partition coefficient (Wildman–Crippen LogP) is 3.25. The Balaban J connectivity index is 2.05. The maximum absolute atomic E-state index is 12.8. The molecule has 3 rings (SSSR count). The molecule has 21 heavy (non-hydrogen) atoms. The van der Waals surface area contributed by atoms with Gasteiger partial charge in [-0.2, -0.15) is 0 Å². The van der Waals surface area contributed by atoms with Gasteiger partial charge in [0.15, 0.2) is 0 Å². The van der Waals surface area contributed by atoms with E-state index in [9.17, 15) is 9.90 Å². The molecule has 1 amide bonds. The van der Waals surface area contributed by atoms with Gasteiger partial charge in [-0.25, -0.2) is 0 Å². The zero-order valence-electron chi connectivity index (χ0n) is 12.3. The zero-order valence-corrected chi connectivity index (χ0v) is 12.3. The Morgan fingerprint density at radius 2 is 1.81 bits per heavy atom. The Kier molecular flexibility index (Phi) is 3.30. The van der Waals surface area contributed by atoms with Crippen molar-refractivity contribution in [2.24, 2.45) is 0 Å². The number of carbonyl (C=O) groups is 1. The number of aliphatic hydroxyl groups is 1. The van der Waals surface area contributed by atoms with Gasteiger partial charge in [0.2, 0.25) is 0 Å². The van der Waals surface area contributed by atoms with Crippen LogP contribution < -0.4 is 4.90 Å². The smallest absolute Gasteiger partial charge is 0.258 e. The minimum atomic E-state index is -0.876. The van der Waals surface area contributed by atoms with Crippen molar-refractivity contribution in [3.8, 4) is 0 Å². The maximum atomic E-state index is 12.8. The summed E-state index contributed by atoms with van der Waals surface area (Å²) in [5, 5.41) is 10.5. The molecule has 0 saturated heterocycles. The van der Waals surface area contributed by atoms with Crippen molar-refractivity contribution < 1.29 is 9.90 Å². The Hall–Kier alpha value is -2.13. The number of fused-ring (bicyclic) bond motifs is 1. The second-order valence-corrected chi connectivity index (χ2v) is 5.81. The number of para-hydroxylation sites is 1. The number of hydrogen-bond acceptors (Lipinski definition) is 2. The highest BCUT2D eigenvalue weighted by Crippen LogP contribution is 2.38. The van der Waals surface area contributed by atoms with Crippen LogP contribution in [0, 0.1) is 6.92 Å². The lowest BCUT2D eigenvalue weighted by molar-refractivity contribution is 0.0450. The van der Waals surface area contributed by atoms with Crippen LogP contribution in [-0.4, -0.2) is 17.6 Å². The first-order valence-corrected chi connectivity index (χ1v) is 7.20. The standard InChI is InChI=1S/C18H19NO2/c1-13-7-3-4-8-14(13)17(20)19-12-11-18(2,21)15-9-5-6-10-16(15)19/h3-10,21H,11-12H2,1-2H3. The molecule has 108 valence electrons. The molecule has 2 aromatic carbocycles. The van der Waals surface area contributed by atoms with Crippen LogP contribution >= 0.6 is 0 Å². The van der Waals surface area contributed by atoms with Gasteiger partial charge in [-0.3, -0.25) is 4.79 Å². The summed E-state index contributed by atoms with van der Waals surface area (Å²) in [5.74, 6) is -0.00366. The fourth-order valence-electron chi connectivity index (χ4n) is 2.92. The molecule has 1 heterocycles. The van der Waals surface area contributed by atoms with Gasteiger partial charge in [0.05, 0.1) is 11.3 Å². The van der Waals surface area contributed by atoms with Gasteiger partial charge in [-0.15, -0.1) is 0 Å². The fraction of sp³-hybridized carbons (Fsp3) is 0.278. The van der Waals surface area contributed by atoms with Crippen LogP contribution in [-0.2, 0) is 5.60 Å². The minimum Gasteiger partial charge on any atom is -0.385 e. The van der Waals surface area contributed by atoms with Gasteiger partial charge in [0, 0.05) is 17.7 Å². The number of hydrogen-bond donors (Lipinski definition) is 1. The highest BCUT2D eigenvalue weighted by molar-refractivity contribution is 6.07. The third-order valence-corrected chi connectivity index (χ3v) is 4.22. The summed E-state index contributed by atoms with van der Waals surface area (Å²) in [7, 11) is 0. The van der Waals surface area contributed by atoms with Gasteiger partial charge in [-0.05, 0) is 38.0 Å². The molecule has 0 radical (unpaired) electrons. The van der Waals surface area contributed by atoms with Gasteiger partial charge >= 0.3 is 0 Å². The van der Waals surface area contributed by atoms with Gasteiger partial charge in [0.1, 0.15) is 0 Å². The number of nitrogens with zero attached hydrogens (tertiary/aromatic N) is 1. The maximum Gasteiger partial charge on any atom is 0.258 e. The van der Waals surface area contributed by atoms with E-state index in [1.165, 1.54) is 0 Å². The molecule has 2 aromatic rings. The Bertz CT molecular complexity index is 691. The van der Waals surface area contributed by atoms with E-state index in [-0.39, 0.29) is 5.91 Å². The van der Waals surface area contributed by atoms with Crippen LogP contribution in [0.4, 0.5) is 5.69 Å². The number of benzene rings is 2. The van der Waals surface area contributed by atoms with E-state index in [2.05, 4.69) is 0 Å². The average Bonchev–Trinajstić information content (AvgIpc) is 2.47. The first-order valence-electron chi connectivity index (χ1n) is 7.20. The monoisotopic (exact) mass is 281 g/mol. The third-order valence-electron chi connectivity index (χ3n) is 4.22. The normalized spacial score (nSPS) is 21.0. The molecule has 0 fully saturated rings. The molecular weight excluding hydrogens is 262 g/mol. The van der Waals surface area contributed by atoms with Crippen LogP contribution in [0.2, 0.25) is 0 Å². The molecule has 0 aliphatic carbocycles. The van der Waals surface area contributed by atoms with Crippen molar-refractivity contribution in [2.45, 2.75) is 25.9 Å². The molecule has 0 bridgehead atoms. The molecule has 0 spiro atoms. The van der Waals surface area contributed by atoms with E-state index in [1.807, 2.05) is 55.5 Å². The van der Waals surface area contributed by atoms with Crippen molar-refractivity contribution in [2.75, 3.05) is 11.4 Å². The lowest BCUT2D eigenvalue weighted by Crippen LogP contribution is -2.42. The van der Waals surface area contributed by atoms with Crippen LogP contribution in [0.15, 0.2) is 48.5 Å². The molecular formula is C18H19NO2. The van der Waals surface area contributed by atoms with Crippen molar-refractivity contribution in [3.63, 3.8) is 0 Å². The van der Waals surface area contributed by atoms with Crippen molar-refractivity contribution >= 4 is 11.6 Å². The van der Waals surface area contributed by atoms with Crippen LogP contribution in [0.25, 0.3) is 0 Å². The molecule has 3 heteroatoms. The number of rotatable bonds is 1. The summed E-state index contributed by atoms with van der Waals surface area (Å²) in [5.41, 5.74) is 2.44. The summed E-state index contributed by atoms with van der Waals surface area (Å²) < 4.78 is 0. The lowest BCUT2D eigenvalue weighted by atomic mass is 9.86. The van der Waals surface area contributed by atoms with Gasteiger partial charge in [-0.1, -0.05) is 36.4 Å². The van der Waals surface area contributed by atoms with E-state index in [0.29, 0.717) is 18.5 Å². The van der Waals surface area contributed by atoms with E-state index in [0.717, 1.165) is 16.8 Å². The summed E-state index contributed by atoms with van der Waals surface area (Å²) >= 11 is 0. The lowest BCUT2D eigenvalue weighted by Gasteiger charge is -2.38. The molecule has 0 aromatic heterocycles. The fourth-order valence-corrected chi connectivity index (χ4v) is 2.92. The summed E-state index contributed by atoms with van der Waals surface area (Å²) in [6.07, 6.45) is 0.543. The summed E-state index contributed by atoms with van der Waals surface area (Å²) in [4.78, 5) is 14.6. The average molecular weight is 281 g/mol. The zero-order chi connectivity index (χ0) is 15.0. The topological polar surface area (TPSA) is 40.5 Å². The van der Waals surface area contributed by atoms with Crippen molar-refractivity contribution in [1.29, 1.82) is 0 Å². The van der Waals surface area contributed by atoms with Gasteiger partial charge in [0.25, 0.3) is 5.91 Å². The van der Waals surface area contributed by atoms with E-state index >= 15 is 0 Å². The van der Waals surface area contributed by atoms with Crippen molar-refractivity contribution in [3.05, 3.63) is 65.2 Å². The first kappa shape index (κ1) is 13.8. The second-order valence-electron chi connectivity index (χ2n) is 5.81. The highest BCUT2D eigenvalue weighted by Gasteiger charge is 2.35. The number of carbonyl (C=O) groups excluding carboxylic acids is 1. The van der Waals surface area contributed by atoms with Crippen molar-refractivity contribution in [1.82, 2.24) is 0 Å². The molecule has 1 aliphatic rings. The quantitative estimate of drug-likeness (QED) is 0.871. The first-order chi connectivity index (χ1) is 10.0. The number of anilines is 1. The number of amides is 1. The molecule has 1 atom stereocenters.